The lowest BCUT2D eigenvalue weighted by Crippen LogP contribution is -2.60. The quantitative estimate of drug-likeness (QED) is 0.842. The van der Waals surface area contributed by atoms with Crippen molar-refractivity contribution in [2.75, 3.05) is 31.6 Å². The summed E-state index contributed by atoms with van der Waals surface area (Å²) in [6.07, 6.45) is 4.26. The number of rotatable bonds is 3. The number of ether oxygens (including phenoxy) is 1. The predicted molar refractivity (Wildman–Crippen MR) is 104 cm³/mol. The summed E-state index contributed by atoms with van der Waals surface area (Å²) in [5.41, 5.74) is 2.00. The molecule has 0 N–H and O–H groups in total. The standard InChI is InChI=1S/C22H24N4O/c1-27-18-5-3-16(4-6-18)19-14-26(20-7-2-15(12-23)13-24-20)21-17-8-10-25(11-9-17)22(19)21/h2-7,13,17,19,21-22H,8-11,14H2,1H3. The zero-order chi connectivity index (χ0) is 18.4. The van der Waals surface area contributed by atoms with Gasteiger partial charge in [0.1, 0.15) is 17.6 Å². The second-order valence-corrected chi connectivity index (χ2v) is 7.90. The van der Waals surface area contributed by atoms with Gasteiger partial charge in [-0.15, -0.1) is 0 Å². The average Bonchev–Trinajstić information content (AvgIpc) is 3.18. The van der Waals surface area contributed by atoms with Gasteiger partial charge in [-0.2, -0.15) is 5.26 Å². The molecule has 6 rings (SSSR count). The monoisotopic (exact) mass is 360 g/mol. The molecule has 0 radical (unpaired) electrons. The number of fused-ring (bicyclic) bond motifs is 2. The van der Waals surface area contributed by atoms with Crippen LogP contribution in [0.1, 0.15) is 29.9 Å². The number of methoxy groups -OCH3 is 1. The highest BCUT2D eigenvalue weighted by molar-refractivity contribution is 5.48. The Morgan fingerprint density at radius 2 is 1.85 bits per heavy atom. The highest BCUT2D eigenvalue weighted by Gasteiger charge is 2.53. The highest BCUT2D eigenvalue weighted by Crippen LogP contribution is 2.47. The first-order valence-electron chi connectivity index (χ1n) is 9.79. The molecule has 4 aliphatic rings. The van der Waals surface area contributed by atoms with Crippen LogP contribution in [-0.2, 0) is 0 Å². The number of hydrogen-bond donors (Lipinski definition) is 0. The molecule has 1 aromatic heterocycles. The van der Waals surface area contributed by atoms with Gasteiger partial charge in [0.15, 0.2) is 0 Å². The maximum Gasteiger partial charge on any atom is 0.128 e. The van der Waals surface area contributed by atoms with Crippen LogP contribution in [0.3, 0.4) is 0 Å². The zero-order valence-corrected chi connectivity index (χ0v) is 15.6. The van der Waals surface area contributed by atoms with Crippen molar-refractivity contribution in [2.24, 2.45) is 5.92 Å². The molecule has 5 nitrogen and oxygen atoms in total. The first-order chi connectivity index (χ1) is 13.3. The Labute approximate surface area is 160 Å². The topological polar surface area (TPSA) is 52.4 Å². The number of nitriles is 1. The maximum atomic E-state index is 9.08. The molecule has 2 aromatic rings. The second-order valence-electron chi connectivity index (χ2n) is 7.90. The van der Waals surface area contributed by atoms with E-state index in [1.54, 1.807) is 13.3 Å². The van der Waals surface area contributed by atoms with Gasteiger partial charge >= 0.3 is 0 Å². The van der Waals surface area contributed by atoms with Crippen molar-refractivity contribution in [3.05, 3.63) is 53.7 Å². The molecule has 27 heavy (non-hydrogen) atoms. The Balaban J connectivity index is 1.51. The molecule has 2 bridgehead atoms. The summed E-state index contributed by atoms with van der Waals surface area (Å²) in [5, 5.41) is 9.08. The Morgan fingerprint density at radius 3 is 2.48 bits per heavy atom. The number of anilines is 1. The summed E-state index contributed by atoms with van der Waals surface area (Å²) in [6, 6.07) is 15.7. The second kappa shape index (κ2) is 6.54. The normalized spacial score (nSPS) is 31.4. The van der Waals surface area contributed by atoms with E-state index in [9.17, 15) is 0 Å². The third-order valence-corrected chi connectivity index (χ3v) is 6.71. The van der Waals surface area contributed by atoms with Crippen LogP contribution in [0, 0.1) is 17.2 Å². The zero-order valence-electron chi connectivity index (χ0n) is 15.6. The average molecular weight is 360 g/mol. The molecule has 3 atom stereocenters. The van der Waals surface area contributed by atoms with Crippen LogP contribution in [0.25, 0.3) is 0 Å². The molecule has 5 heterocycles. The number of pyridine rings is 1. The van der Waals surface area contributed by atoms with Crippen LogP contribution in [0.5, 0.6) is 5.75 Å². The molecular weight excluding hydrogens is 336 g/mol. The summed E-state index contributed by atoms with van der Waals surface area (Å²) < 4.78 is 5.34. The third kappa shape index (κ3) is 2.67. The van der Waals surface area contributed by atoms with E-state index >= 15 is 0 Å². The van der Waals surface area contributed by atoms with Gasteiger partial charge in [-0.1, -0.05) is 12.1 Å². The van der Waals surface area contributed by atoms with Crippen molar-refractivity contribution in [3.8, 4) is 11.8 Å². The molecule has 138 valence electrons. The van der Waals surface area contributed by atoms with Crippen molar-refractivity contribution in [1.82, 2.24) is 9.88 Å². The minimum absolute atomic E-state index is 0.474. The van der Waals surface area contributed by atoms with Crippen LogP contribution >= 0.6 is 0 Å². The van der Waals surface area contributed by atoms with Gasteiger partial charge in [0.2, 0.25) is 0 Å². The van der Waals surface area contributed by atoms with E-state index in [1.807, 2.05) is 12.1 Å². The van der Waals surface area contributed by atoms with Gasteiger partial charge in [0.05, 0.1) is 12.7 Å². The molecule has 1 aromatic carbocycles. The fourth-order valence-electron chi connectivity index (χ4n) is 5.45. The Kier molecular flexibility index (Phi) is 4.02. The minimum Gasteiger partial charge on any atom is -0.497 e. The number of hydrogen-bond acceptors (Lipinski definition) is 5. The predicted octanol–water partition coefficient (Wildman–Crippen LogP) is 3.03. The van der Waals surface area contributed by atoms with Gasteiger partial charge in [0, 0.05) is 30.7 Å². The van der Waals surface area contributed by atoms with Crippen molar-refractivity contribution in [3.63, 3.8) is 0 Å². The van der Waals surface area contributed by atoms with Crippen LogP contribution in [0.2, 0.25) is 0 Å². The van der Waals surface area contributed by atoms with E-state index in [-0.39, 0.29) is 0 Å². The van der Waals surface area contributed by atoms with Crippen LogP contribution < -0.4 is 9.64 Å². The van der Waals surface area contributed by atoms with Crippen LogP contribution in [0.15, 0.2) is 42.6 Å². The Morgan fingerprint density at radius 1 is 1.07 bits per heavy atom. The molecule has 3 unspecified atom stereocenters. The lowest BCUT2D eigenvalue weighted by molar-refractivity contribution is 0.0354. The number of aromatic nitrogens is 1. The number of piperidine rings is 3. The molecule has 0 amide bonds. The first-order valence-corrected chi connectivity index (χ1v) is 9.79. The largest absolute Gasteiger partial charge is 0.497 e. The summed E-state index contributed by atoms with van der Waals surface area (Å²) in [5.74, 6) is 3.13. The first kappa shape index (κ1) is 16.6. The third-order valence-electron chi connectivity index (χ3n) is 6.71. The fourth-order valence-corrected chi connectivity index (χ4v) is 5.45. The fraction of sp³-hybridized carbons (Fsp3) is 0.455. The van der Waals surface area contributed by atoms with Gasteiger partial charge in [0.25, 0.3) is 0 Å². The summed E-state index contributed by atoms with van der Waals surface area (Å²) >= 11 is 0. The van der Waals surface area contributed by atoms with Crippen molar-refractivity contribution in [1.29, 1.82) is 5.26 Å². The summed E-state index contributed by atoms with van der Waals surface area (Å²) in [6.45, 7) is 3.41. The van der Waals surface area contributed by atoms with Crippen molar-refractivity contribution >= 4 is 5.82 Å². The van der Waals surface area contributed by atoms with Crippen LogP contribution in [-0.4, -0.2) is 48.7 Å². The highest BCUT2D eigenvalue weighted by atomic mass is 16.5. The maximum absolute atomic E-state index is 9.08. The van der Waals surface area contributed by atoms with E-state index in [1.165, 1.54) is 31.5 Å². The van der Waals surface area contributed by atoms with Gasteiger partial charge < -0.3 is 9.64 Å². The van der Waals surface area contributed by atoms with E-state index in [4.69, 9.17) is 10.00 Å². The molecule has 5 heteroatoms. The molecule has 0 spiro atoms. The van der Waals surface area contributed by atoms with Crippen molar-refractivity contribution < 1.29 is 4.74 Å². The number of nitrogens with zero attached hydrogens (tertiary/aromatic N) is 4. The molecule has 4 aliphatic heterocycles. The smallest absolute Gasteiger partial charge is 0.128 e. The molecule has 4 fully saturated rings. The lowest BCUT2D eigenvalue weighted by atomic mass is 9.75. The molecule has 0 saturated carbocycles. The minimum atomic E-state index is 0.474. The lowest BCUT2D eigenvalue weighted by Gasteiger charge is -2.51. The van der Waals surface area contributed by atoms with E-state index < -0.39 is 0 Å². The molecule has 4 saturated heterocycles. The number of benzene rings is 1. The van der Waals surface area contributed by atoms with Gasteiger partial charge in [-0.05, 0) is 61.7 Å². The van der Waals surface area contributed by atoms with Crippen LogP contribution in [0.4, 0.5) is 5.82 Å². The Bertz CT molecular complexity index is 849. The molecule has 0 aliphatic carbocycles. The molecular formula is C22H24N4O. The van der Waals surface area contributed by atoms with Gasteiger partial charge in [-0.25, -0.2) is 4.98 Å². The van der Waals surface area contributed by atoms with E-state index in [0.29, 0.717) is 23.6 Å². The SMILES string of the molecule is COc1ccc(C2CN(c3ccc(C#N)cn3)C3C4CCN(CC4)C23)cc1. The van der Waals surface area contributed by atoms with Gasteiger partial charge in [-0.3, -0.25) is 4.90 Å². The van der Waals surface area contributed by atoms with E-state index in [0.717, 1.165) is 24.0 Å². The summed E-state index contributed by atoms with van der Waals surface area (Å²) in [7, 11) is 1.71. The van der Waals surface area contributed by atoms with Crippen molar-refractivity contribution in [2.45, 2.75) is 30.8 Å². The Hall–Kier alpha value is -2.58. The van der Waals surface area contributed by atoms with E-state index in [2.05, 4.69) is 45.1 Å². The summed E-state index contributed by atoms with van der Waals surface area (Å²) in [4.78, 5) is 9.83.